The van der Waals surface area contributed by atoms with E-state index >= 15 is 0 Å². The molecule has 1 aromatic heterocycles. The molecule has 1 N–H and O–H groups in total. The van der Waals surface area contributed by atoms with Crippen LogP contribution in [0.2, 0.25) is 0 Å². The topological polar surface area (TPSA) is 88.3 Å². The normalized spacial score (nSPS) is 19.8. The first-order valence-electron chi connectivity index (χ1n) is 6.37. The van der Waals surface area contributed by atoms with Crippen molar-refractivity contribution >= 4 is 11.8 Å². The summed E-state index contributed by atoms with van der Waals surface area (Å²) < 4.78 is 4.86. The molecule has 1 unspecified atom stereocenters. The van der Waals surface area contributed by atoms with Crippen LogP contribution in [0.1, 0.15) is 32.0 Å². The van der Waals surface area contributed by atoms with Crippen LogP contribution in [0.4, 0.5) is 0 Å². The second-order valence-corrected chi connectivity index (χ2v) is 4.89. The van der Waals surface area contributed by atoms with Crippen LogP contribution in [-0.2, 0) is 16.0 Å². The number of nitrogens with zero attached hydrogens (tertiary/aromatic N) is 3. The zero-order chi connectivity index (χ0) is 14.0. The van der Waals surface area contributed by atoms with Gasteiger partial charge in [-0.2, -0.15) is 4.98 Å². The van der Waals surface area contributed by atoms with Crippen molar-refractivity contribution in [1.29, 1.82) is 0 Å². The van der Waals surface area contributed by atoms with E-state index in [9.17, 15) is 9.59 Å². The van der Waals surface area contributed by atoms with E-state index in [2.05, 4.69) is 15.5 Å². The van der Waals surface area contributed by atoms with Crippen molar-refractivity contribution in [3.63, 3.8) is 0 Å². The van der Waals surface area contributed by atoms with Gasteiger partial charge in [-0.05, 0) is 13.8 Å². The number of imide groups is 1. The van der Waals surface area contributed by atoms with E-state index < -0.39 is 6.04 Å². The molecule has 104 valence electrons. The fourth-order valence-electron chi connectivity index (χ4n) is 2.15. The highest BCUT2D eigenvalue weighted by Gasteiger charge is 2.39. The molecule has 1 saturated heterocycles. The first-order valence-corrected chi connectivity index (χ1v) is 6.37. The number of hydrogen-bond acceptors (Lipinski definition) is 6. The summed E-state index contributed by atoms with van der Waals surface area (Å²) in [6.07, 6.45) is 0.791. The lowest BCUT2D eigenvalue weighted by atomic mass is 10.2. The summed E-state index contributed by atoms with van der Waals surface area (Å²) in [4.78, 5) is 29.1. The van der Waals surface area contributed by atoms with E-state index in [1.165, 1.54) is 4.90 Å². The Morgan fingerprint density at radius 3 is 2.74 bits per heavy atom. The Hall–Kier alpha value is -1.76. The maximum atomic E-state index is 12.0. The third-order valence-corrected chi connectivity index (χ3v) is 3.01. The standard InChI is InChI=1S/C12H18N4O3/c1-7(2)16-11(17)6-9(12(16)18)13-5-4-10-14-8(3)19-15-10/h7,9,13H,4-6H2,1-3H3. The first kappa shape index (κ1) is 13.7. The Bertz CT molecular complexity index is 483. The lowest BCUT2D eigenvalue weighted by Crippen LogP contribution is -2.42. The van der Waals surface area contributed by atoms with Gasteiger partial charge >= 0.3 is 0 Å². The van der Waals surface area contributed by atoms with Crippen LogP contribution in [0.5, 0.6) is 0 Å². The number of likely N-dealkylation sites (tertiary alicyclic amines) is 1. The van der Waals surface area contributed by atoms with Crippen LogP contribution in [0.15, 0.2) is 4.52 Å². The molecule has 7 nitrogen and oxygen atoms in total. The summed E-state index contributed by atoms with van der Waals surface area (Å²) in [5.74, 6) is 0.854. The van der Waals surface area contributed by atoms with Crippen molar-refractivity contribution in [2.24, 2.45) is 0 Å². The van der Waals surface area contributed by atoms with Crippen molar-refractivity contribution in [3.05, 3.63) is 11.7 Å². The van der Waals surface area contributed by atoms with E-state index in [1.807, 2.05) is 13.8 Å². The van der Waals surface area contributed by atoms with Crippen LogP contribution in [0, 0.1) is 6.92 Å². The number of carbonyl (C=O) groups excluding carboxylic acids is 2. The molecule has 0 radical (unpaired) electrons. The number of rotatable bonds is 5. The minimum atomic E-state index is -0.428. The fraction of sp³-hybridized carbons (Fsp3) is 0.667. The molecule has 0 aromatic carbocycles. The number of nitrogens with one attached hydrogen (secondary N) is 1. The first-order chi connectivity index (χ1) is 8.99. The van der Waals surface area contributed by atoms with Gasteiger partial charge in [-0.15, -0.1) is 0 Å². The van der Waals surface area contributed by atoms with Crippen LogP contribution in [0.25, 0.3) is 0 Å². The van der Waals surface area contributed by atoms with Crippen LogP contribution >= 0.6 is 0 Å². The Labute approximate surface area is 111 Å². The van der Waals surface area contributed by atoms with E-state index in [0.29, 0.717) is 24.7 Å². The van der Waals surface area contributed by atoms with Gasteiger partial charge in [0.25, 0.3) is 0 Å². The predicted octanol–water partition coefficient (Wildman–Crippen LogP) is 0.0460. The molecule has 0 aliphatic carbocycles. The van der Waals surface area contributed by atoms with E-state index in [4.69, 9.17) is 4.52 Å². The second-order valence-electron chi connectivity index (χ2n) is 4.89. The molecule has 2 rings (SSSR count). The molecule has 1 aliphatic rings. The molecular weight excluding hydrogens is 248 g/mol. The third kappa shape index (κ3) is 2.98. The van der Waals surface area contributed by atoms with Crippen LogP contribution in [0.3, 0.4) is 0 Å². The molecule has 7 heteroatoms. The van der Waals surface area contributed by atoms with E-state index in [1.54, 1.807) is 6.92 Å². The van der Waals surface area contributed by atoms with Gasteiger partial charge in [-0.1, -0.05) is 5.16 Å². The minimum Gasteiger partial charge on any atom is -0.340 e. The second kappa shape index (κ2) is 5.48. The lowest BCUT2D eigenvalue weighted by Gasteiger charge is -2.19. The van der Waals surface area contributed by atoms with Crippen molar-refractivity contribution in [2.45, 2.75) is 45.7 Å². The highest BCUT2D eigenvalue weighted by atomic mass is 16.5. The number of amides is 2. The number of aromatic nitrogens is 2. The molecule has 1 fully saturated rings. The zero-order valence-corrected chi connectivity index (χ0v) is 11.3. The van der Waals surface area contributed by atoms with Crippen molar-refractivity contribution < 1.29 is 14.1 Å². The lowest BCUT2D eigenvalue weighted by molar-refractivity contribution is -0.140. The molecule has 0 bridgehead atoms. The quantitative estimate of drug-likeness (QED) is 0.757. The Kier molecular flexibility index (Phi) is 3.94. The number of carbonyl (C=O) groups is 2. The van der Waals surface area contributed by atoms with Gasteiger partial charge in [0, 0.05) is 25.9 Å². The molecular formula is C12H18N4O3. The summed E-state index contributed by atoms with van der Waals surface area (Å²) in [7, 11) is 0. The van der Waals surface area contributed by atoms with Crippen molar-refractivity contribution in [2.75, 3.05) is 6.54 Å². The summed E-state index contributed by atoms with van der Waals surface area (Å²) in [5.41, 5.74) is 0. The van der Waals surface area contributed by atoms with Crippen molar-refractivity contribution in [3.8, 4) is 0 Å². The molecule has 19 heavy (non-hydrogen) atoms. The Morgan fingerprint density at radius 1 is 1.47 bits per heavy atom. The molecule has 0 spiro atoms. The molecule has 1 atom stereocenters. The number of hydrogen-bond donors (Lipinski definition) is 1. The maximum Gasteiger partial charge on any atom is 0.247 e. The van der Waals surface area contributed by atoms with Gasteiger partial charge < -0.3 is 9.84 Å². The summed E-state index contributed by atoms with van der Waals surface area (Å²) >= 11 is 0. The molecule has 1 aromatic rings. The van der Waals surface area contributed by atoms with Gasteiger partial charge in [0.15, 0.2) is 5.82 Å². The monoisotopic (exact) mass is 266 g/mol. The molecule has 0 saturated carbocycles. The van der Waals surface area contributed by atoms with E-state index in [-0.39, 0.29) is 24.3 Å². The zero-order valence-electron chi connectivity index (χ0n) is 11.3. The summed E-state index contributed by atoms with van der Waals surface area (Å²) in [6.45, 7) is 5.93. The van der Waals surface area contributed by atoms with E-state index in [0.717, 1.165) is 0 Å². The Morgan fingerprint density at radius 2 is 2.21 bits per heavy atom. The summed E-state index contributed by atoms with van der Waals surface area (Å²) in [6, 6.07) is -0.519. The summed E-state index contributed by atoms with van der Waals surface area (Å²) in [5, 5.41) is 6.84. The molecule has 2 amide bonds. The fourth-order valence-corrected chi connectivity index (χ4v) is 2.15. The highest BCUT2D eigenvalue weighted by Crippen LogP contribution is 2.15. The third-order valence-electron chi connectivity index (χ3n) is 3.01. The van der Waals surface area contributed by atoms with Crippen LogP contribution in [-0.4, -0.2) is 45.5 Å². The highest BCUT2D eigenvalue weighted by molar-refractivity contribution is 6.05. The Balaban J connectivity index is 1.84. The maximum absolute atomic E-state index is 12.0. The van der Waals surface area contributed by atoms with Gasteiger partial charge in [0.2, 0.25) is 17.7 Å². The van der Waals surface area contributed by atoms with Crippen molar-refractivity contribution in [1.82, 2.24) is 20.4 Å². The molecule has 2 heterocycles. The minimum absolute atomic E-state index is 0.0911. The number of aryl methyl sites for hydroxylation is 1. The molecule has 1 aliphatic heterocycles. The van der Waals surface area contributed by atoms with Gasteiger partial charge in [0.05, 0.1) is 12.5 Å². The largest absolute Gasteiger partial charge is 0.340 e. The van der Waals surface area contributed by atoms with Gasteiger partial charge in [0.1, 0.15) is 0 Å². The average Bonchev–Trinajstić information content (AvgIpc) is 2.84. The predicted molar refractivity (Wildman–Crippen MR) is 66.1 cm³/mol. The smallest absolute Gasteiger partial charge is 0.247 e. The van der Waals surface area contributed by atoms with Gasteiger partial charge in [-0.3, -0.25) is 14.5 Å². The van der Waals surface area contributed by atoms with Gasteiger partial charge in [-0.25, -0.2) is 0 Å². The SMILES string of the molecule is Cc1nc(CCNC2CC(=O)N(C(C)C)C2=O)no1. The van der Waals surface area contributed by atoms with Crippen LogP contribution < -0.4 is 5.32 Å². The average molecular weight is 266 g/mol.